The SMILES string of the molecule is CC1CCC2C(CCC3C2CCC2(C)C(C(=O)Cn4cc(C#N)cn4)CC(C4CC4)C32)C1. The van der Waals surface area contributed by atoms with Crippen molar-refractivity contribution < 1.29 is 4.79 Å². The molecule has 0 bridgehead atoms. The molecule has 1 aromatic heterocycles. The number of carbonyl (C=O) groups excluding carboxylic acids is 1. The van der Waals surface area contributed by atoms with Crippen molar-refractivity contribution in [1.29, 1.82) is 5.26 Å². The van der Waals surface area contributed by atoms with E-state index < -0.39 is 0 Å². The van der Waals surface area contributed by atoms with Crippen LogP contribution in [0, 0.1) is 70.0 Å². The first-order chi connectivity index (χ1) is 15.5. The van der Waals surface area contributed by atoms with Crippen LogP contribution in [-0.4, -0.2) is 15.6 Å². The first kappa shape index (κ1) is 20.9. The Morgan fingerprint density at radius 2 is 1.84 bits per heavy atom. The fraction of sp³-hybridized carbons (Fsp3) is 0.821. The third kappa shape index (κ3) is 3.29. The highest BCUT2D eigenvalue weighted by Gasteiger charge is 2.63. The van der Waals surface area contributed by atoms with Crippen LogP contribution >= 0.6 is 0 Å². The minimum absolute atomic E-state index is 0.172. The highest BCUT2D eigenvalue weighted by molar-refractivity contribution is 5.82. The van der Waals surface area contributed by atoms with Gasteiger partial charge in [-0.1, -0.05) is 20.3 Å². The number of Topliss-reactive ketones (excluding diaryl/α,β-unsaturated/α-hetero) is 1. The number of nitriles is 1. The van der Waals surface area contributed by atoms with E-state index in [1.165, 1.54) is 57.8 Å². The minimum atomic E-state index is 0.172. The van der Waals surface area contributed by atoms with E-state index in [4.69, 9.17) is 5.26 Å². The number of hydrogen-bond donors (Lipinski definition) is 0. The molecule has 172 valence electrons. The molecule has 0 aromatic carbocycles. The number of aromatic nitrogens is 2. The lowest BCUT2D eigenvalue weighted by Crippen LogP contribution is -2.50. The van der Waals surface area contributed by atoms with Gasteiger partial charge in [-0.3, -0.25) is 9.48 Å². The summed E-state index contributed by atoms with van der Waals surface area (Å²) in [5.41, 5.74) is 0.717. The molecule has 0 aliphatic heterocycles. The summed E-state index contributed by atoms with van der Waals surface area (Å²) in [5.74, 6) is 7.64. The summed E-state index contributed by atoms with van der Waals surface area (Å²) >= 11 is 0. The van der Waals surface area contributed by atoms with Gasteiger partial charge in [0.05, 0.1) is 18.3 Å². The maximum Gasteiger partial charge on any atom is 0.157 e. The number of nitrogens with zero attached hydrogens (tertiary/aromatic N) is 3. The van der Waals surface area contributed by atoms with Crippen molar-refractivity contribution in [2.75, 3.05) is 0 Å². The summed E-state index contributed by atoms with van der Waals surface area (Å²) in [6.07, 6.45) is 17.1. The van der Waals surface area contributed by atoms with Crippen LogP contribution in [0.1, 0.15) is 83.6 Å². The van der Waals surface area contributed by atoms with Gasteiger partial charge in [0.1, 0.15) is 6.07 Å². The van der Waals surface area contributed by atoms with Crippen molar-refractivity contribution >= 4 is 5.78 Å². The van der Waals surface area contributed by atoms with E-state index in [-0.39, 0.29) is 11.3 Å². The largest absolute Gasteiger partial charge is 0.297 e. The van der Waals surface area contributed by atoms with Crippen molar-refractivity contribution in [3.8, 4) is 6.07 Å². The molecular weight excluding hydrogens is 394 g/mol. The Morgan fingerprint density at radius 1 is 1.06 bits per heavy atom. The molecule has 5 fully saturated rings. The zero-order valence-corrected chi connectivity index (χ0v) is 19.9. The fourth-order valence-corrected chi connectivity index (χ4v) is 9.55. The van der Waals surface area contributed by atoms with E-state index in [2.05, 4.69) is 25.0 Å². The van der Waals surface area contributed by atoms with E-state index >= 15 is 0 Å². The zero-order chi connectivity index (χ0) is 22.0. The molecule has 5 aliphatic rings. The molecule has 9 unspecified atom stereocenters. The molecule has 1 heterocycles. The number of carbonyl (C=O) groups is 1. The second-order valence-corrected chi connectivity index (χ2v) is 12.6. The van der Waals surface area contributed by atoms with Crippen molar-refractivity contribution in [1.82, 2.24) is 9.78 Å². The third-order valence-electron chi connectivity index (χ3n) is 11.0. The van der Waals surface area contributed by atoms with E-state index in [1.54, 1.807) is 17.1 Å². The summed E-state index contributed by atoms with van der Waals surface area (Å²) in [4.78, 5) is 13.6. The second kappa shape index (κ2) is 7.71. The molecule has 0 N–H and O–H groups in total. The van der Waals surface area contributed by atoms with Crippen LogP contribution in [0.2, 0.25) is 0 Å². The molecule has 4 heteroatoms. The number of rotatable bonds is 4. The molecule has 0 spiro atoms. The Balaban J connectivity index is 1.26. The lowest BCUT2D eigenvalue weighted by molar-refractivity contribution is -0.131. The maximum atomic E-state index is 13.6. The van der Waals surface area contributed by atoms with Gasteiger partial charge in [0.15, 0.2) is 5.78 Å². The molecule has 5 aliphatic carbocycles. The van der Waals surface area contributed by atoms with Crippen LogP contribution in [0.4, 0.5) is 0 Å². The topological polar surface area (TPSA) is 58.7 Å². The quantitative estimate of drug-likeness (QED) is 0.597. The standard InChI is InChI=1S/C28H39N3O/c1-17-3-7-21-20(11-17)6-8-23-22(21)9-10-28(2)25(12-24(27(23)28)19-4-5-19)26(32)16-31-15-18(13-29)14-30-31/h14-15,17,19-25,27H,3-12,16H2,1-2H3. The minimum Gasteiger partial charge on any atom is -0.297 e. The van der Waals surface area contributed by atoms with Gasteiger partial charge in [0.2, 0.25) is 0 Å². The Kier molecular flexibility index (Phi) is 5.05. The molecule has 4 nitrogen and oxygen atoms in total. The van der Waals surface area contributed by atoms with Crippen LogP contribution in [0.5, 0.6) is 0 Å². The average Bonchev–Trinajstić information content (AvgIpc) is 3.44. The zero-order valence-electron chi connectivity index (χ0n) is 19.9. The van der Waals surface area contributed by atoms with Gasteiger partial charge in [-0.15, -0.1) is 0 Å². The lowest BCUT2D eigenvalue weighted by atomic mass is 9.48. The van der Waals surface area contributed by atoms with E-state index in [0.717, 1.165) is 53.8 Å². The summed E-state index contributed by atoms with van der Waals surface area (Å²) < 4.78 is 1.70. The van der Waals surface area contributed by atoms with E-state index in [9.17, 15) is 4.79 Å². The predicted molar refractivity (Wildman–Crippen MR) is 123 cm³/mol. The summed E-state index contributed by atoms with van der Waals surface area (Å²) in [5, 5.41) is 13.4. The molecular formula is C28H39N3O. The van der Waals surface area contributed by atoms with Gasteiger partial charge in [0, 0.05) is 12.1 Å². The van der Waals surface area contributed by atoms with Gasteiger partial charge >= 0.3 is 0 Å². The Bertz CT molecular complexity index is 925. The lowest BCUT2D eigenvalue weighted by Gasteiger charge is -2.57. The van der Waals surface area contributed by atoms with Crippen molar-refractivity contribution in [2.24, 2.45) is 58.7 Å². The highest BCUT2D eigenvalue weighted by Crippen LogP contribution is 2.69. The number of ketones is 1. The van der Waals surface area contributed by atoms with Gasteiger partial charge in [-0.2, -0.15) is 10.4 Å². The van der Waals surface area contributed by atoms with Crippen molar-refractivity contribution in [2.45, 2.75) is 84.6 Å². The average molecular weight is 434 g/mol. The van der Waals surface area contributed by atoms with E-state index in [0.29, 0.717) is 17.9 Å². The molecule has 6 rings (SSSR count). The Hall–Kier alpha value is -1.63. The van der Waals surface area contributed by atoms with Crippen LogP contribution in [0.3, 0.4) is 0 Å². The highest BCUT2D eigenvalue weighted by atomic mass is 16.1. The molecule has 0 amide bonds. The third-order valence-corrected chi connectivity index (χ3v) is 11.0. The van der Waals surface area contributed by atoms with Gasteiger partial charge in [-0.05, 0) is 111 Å². The van der Waals surface area contributed by atoms with Gasteiger partial charge in [0.25, 0.3) is 0 Å². The van der Waals surface area contributed by atoms with Crippen molar-refractivity contribution in [3.63, 3.8) is 0 Å². The summed E-state index contributed by atoms with van der Waals surface area (Å²) in [6, 6.07) is 2.14. The monoisotopic (exact) mass is 433 g/mol. The van der Waals surface area contributed by atoms with E-state index in [1.807, 2.05) is 0 Å². The second-order valence-electron chi connectivity index (χ2n) is 12.6. The Morgan fingerprint density at radius 3 is 2.59 bits per heavy atom. The first-order valence-corrected chi connectivity index (χ1v) is 13.4. The number of hydrogen-bond acceptors (Lipinski definition) is 3. The van der Waals surface area contributed by atoms with Gasteiger partial charge in [-0.25, -0.2) is 0 Å². The molecule has 0 radical (unpaired) electrons. The summed E-state index contributed by atoms with van der Waals surface area (Å²) in [6.45, 7) is 5.30. The predicted octanol–water partition coefficient (Wildman–Crippen LogP) is 5.86. The first-order valence-electron chi connectivity index (χ1n) is 13.4. The molecule has 32 heavy (non-hydrogen) atoms. The molecule has 9 atom stereocenters. The van der Waals surface area contributed by atoms with Crippen LogP contribution in [-0.2, 0) is 11.3 Å². The Labute approximate surface area is 193 Å². The summed E-state index contributed by atoms with van der Waals surface area (Å²) in [7, 11) is 0. The molecule has 0 saturated heterocycles. The number of fused-ring (bicyclic) bond motifs is 5. The van der Waals surface area contributed by atoms with Gasteiger partial charge < -0.3 is 0 Å². The van der Waals surface area contributed by atoms with Crippen LogP contribution in [0.15, 0.2) is 12.4 Å². The van der Waals surface area contributed by atoms with Crippen LogP contribution < -0.4 is 0 Å². The molecule has 5 saturated carbocycles. The smallest absolute Gasteiger partial charge is 0.157 e. The van der Waals surface area contributed by atoms with Crippen molar-refractivity contribution in [3.05, 3.63) is 18.0 Å². The normalized spacial score (nSPS) is 45.4. The maximum absolute atomic E-state index is 13.6. The fourth-order valence-electron chi connectivity index (χ4n) is 9.55. The van der Waals surface area contributed by atoms with Crippen LogP contribution in [0.25, 0.3) is 0 Å². The molecule has 1 aromatic rings.